The van der Waals surface area contributed by atoms with E-state index in [0.717, 1.165) is 19.1 Å². The highest BCUT2D eigenvalue weighted by Crippen LogP contribution is 2.28. The Balaban J connectivity index is 2.22. The van der Waals surface area contributed by atoms with Gasteiger partial charge in [0.25, 0.3) is 5.91 Å². The number of carbonyl (C=O) groups excluding carboxylic acids is 1. The van der Waals surface area contributed by atoms with Crippen molar-refractivity contribution in [1.29, 1.82) is 0 Å². The molecule has 2 rings (SSSR count). The van der Waals surface area contributed by atoms with Gasteiger partial charge in [0, 0.05) is 13.4 Å². The molecule has 0 atom stereocenters. The fraction of sp³-hybridized carbons (Fsp3) is 0. The number of nitrogens with one attached hydrogen (secondary N) is 1. The fourth-order valence-electron chi connectivity index (χ4n) is 1.23. The molecule has 6 heteroatoms. The number of carbonyl (C=O) groups is 1. The zero-order valence-electron chi connectivity index (χ0n) is 8.34. The maximum Gasteiger partial charge on any atom is 0.266 e. The predicted molar refractivity (Wildman–Crippen MR) is 81.8 cm³/mol. The molecule has 2 nitrogen and oxygen atoms in total. The van der Waals surface area contributed by atoms with E-state index in [-0.39, 0.29) is 5.91 Å². The molecule has 0 radical (unpaired) electrons. The Labute approximate surface area is 128 Å². The van der Waals surface area contributed by atoms with Crippen molar-refractivity contribution in [2.24, 2.45) is 0 Å². The first kappa shape index (κ1) is 13.3. The van der Waals surface area contributed by atoms with Gasteiger partial charge < -0.3 is 5.32 Å². The van der Waals surface area contributed by atoms with Gasteiger partial charge in [0.05, 0.1) is 5.69 Å². The Kier molecular flexibility index (Phi) is 4.41. The van der Waals surface area contributed by atoms with Crippen molar-refractivity contribution in [3.8, 4) is 0 Å². The van der Waals surface area contributed by atoms with Gasteiger partial charge >= 0.3 is 0 Å². The van der Waals surface area contributed by atoms with Gasteiger partial charge in [-0.2, -0.15) is 0 Å². The number of anilines is 1. The van der Waals surface area contributed by atoms with Gasteiger partial charge in [-0.05, 0) is 61.5 Å². The lowest BCUT2D eigenvalue weighted by molar-refractivity contribution is 0.103. The summed E-state index contributed by atoms with van der Waals surface area (Å²) in [6.45, 7) is 0. The van der Waals surface area contributed by atoms with Crippen LogP contribution >= 0.6 is 59.1 Å². The highest BCUT2D eigenvalue weighted by molar-refractivity contribution is 9.11. The predicted octanol–water partition coefficient (Wildman–Crippen LogP) is 5.29. The van der Waals surface area contributed by atoms with E-state index in [0.29, 0.717) is 4.88 Å². The molecule has 1 N–H and O–H groups in total. The minimum Gasteiger partial charge on any atom is -0.320 e. The second-order valence-corrected chi connectivity index (χ2v) is 6.72. The Morgan fingerprint density at radius 1 is 1.12 bits per heavy atom. The van der Waals surface area contributed by atoms with Crippen LogP contribution in [0, 0.1) is 0 Å². The SMILES string of the molecule is O=C(Nc1ccc(Br)cc1Br)c1sccc1Br. The standard InChI is InChI=1S/C11H6Br3NOS/c12-6-1-2-9(8(14)5-6)15-11(16)10-7(13)3-4-17-10/h1-5H,(H,15,16). The van der Waals surface area contributed by atoms with Crippen LogP contribution in [0.3, 0.4) is 0 Å². The van der Waals surface area contributed by atoms with E-state index in [1.807, 2.05) is 29.6 Å². The Bertz CT molecular complexity index is 568. The van der Waals surface area contributed by atoms with E-state index < -0.39 is 0 Å². The summed E-state index contributed by atoms with van der Waals surface area (Å²) in [4.78, 5) is 12.6. The average molecular weight is 440 g/mol. The summed E-state index contributed by atoms with van der Waals surface area (Å²) >= 11 is 11.5. The lowest BCUT2D eigenvalue weighted by Gasteiger charge is -2.06. The molecule has 0 saturated heterocycles. The number of hydrogen-bond donors (Lipinski definition) is 1. The van der Waals surface area contributed by atoms with Crippen molar-refractivity contribution in [3.63, 3.8) is 0 Å². The van der Waals surface area contributed by atoms with Crippen molar-refractivity contribution >= 4 is 70.7 Å². The summed E-state index contributed by atoms with van der Waals surface area (Å²) in [5.41, 5.74) is 0.749. The third-order valence-electron chi connectivity index (χ3n) is 2.00. The highest BCUT2D eigenvalue weighted by Gasteiger charge is 2.12. The summed E-state index contributed by atoms with van der Waals surface area (Å²) in [6, 6.07) is 7.46. The molecule has 1 aromatic heterocycles. The van der Waals surface area contributed by atoms with E-state index in [1.54, 1.807) is 0 Å². The molecule has 1 amide bonds. The molecule has 0 spiro atoms. The number of benzene rings is 1. The van der Waals surface area contributed by atoms with Crippen LogP contribution in [0.25, 0.3) is 0 Å². The second kappa shape index (κ2) is 5.65. The smallest absolute Gasteiger partial charge is 0.266 e. The second-order valence-electron chi connectivity index (χ2n) is 3.18. The first-order valence-electron chi connectivity index (χ1n) is 4.57. The fourth-order valence-corrected chi connectivity index (χ4v) is 3.82. The van der Waals surface area contributed by atoms with Crippen LogP contribution in [0.5, 0.6) is 0 Å². The van der Waals surface area contributed by atoms with Gasteiger partial charge in [-0.25, -0.2) is 0 Å². The molecule has 0 aliphatic carbocycles. The third kappa shape index (κ3) is 3.19. The lowest BCUT2D eigenvalue weighted by Crippen LogP contribution is -2.11. The molecule has 0 fully saturated rings. The largest absolute Gasteiger partial charge is 0.320 e. The lowest BCUT2D eigenvalue weighted by atomic mass is 10.3. The van der Waals surface area contributed by atoms with Crippen molar-refractivity contribution in [3.05, 3.63) is 47.9 Å². The molecule has 0 aliphatic rings. The zero-order valence-corrected chi connectivity index (χ0v) is 13.9. The summed E-state index contributed by atoms with van der Waals surface area (Å²) in [5, 5.41) is 4.73. The van der Waals surface area contributed by atoms with Gasteiger partial charge in [0.2, 0.25) is 0 Å². The van der Waals surface area contributed by atoms with Crippen LogP contribution < -0.4 is 5.32 Å². The molecule has 0 unspecified atom stereocenters. The first-order chi connectivity index (χ1) is 8.08. The number of rotatable bonds is 2. The van der Waals surface area contributed by atoms with Crippen LogP contribution in [0.2, 0.25) is 0 Å². The van der Waals surface area contributed by atoms with Crippen LogP contribution in [-0.4, -0.2) is 5.91 Å². The molecular formula is C11H6Br3NOS. The zero-order chi connectivity index (χ0) is 12.4. The minimum atomic E-state index is -0.116. The molecule has 1 aromatic carbocycles. The quantitative estimate of drug-likeness (QED) is 0.677. The Morgan fingerprint density at radius 2 is 1.88 bits per heavy atom. The van der Waals surface area contributed by atoms with Crippen molar-refractivity contribution in [1.82, 2.24) is 0 Å². The summed E-state index contributed by atoms with van der Waals surface area (Å²) in [5.74, 6) is -0.116. The molecule has 88 valence electrons. The van der Waals surface area contributed by atoms with Crippen molar-refractivity contribution in [2.45, 2.75) is 0 Å². The highest BCUT2D eigenvalue weighted by atomic mass is 79.9. The van der Waals surface area contributed by atoms with Gasteiger partial charge in [0.15, 0.2) is 0 Å². The third-order valence-corrected chi connectivity index (χ3v) is 4.99. The topological polar surface area (TPSA) is 29.1 Å². The molecule has 1 heterocycles. The molecular weight excluding hydrogens is 434 g/mol. The molecule has 0 saturated carbocycles. The van der Waals surface area contributed by atoms with Crippen LogP contribution in [0.1, 0.15) is 9.67 Å². The van der Waals surface area contributed by atoms with Crippen LogP contribution in [-0.2, 0) is 0 Å². The van der Waals surface area contributed by atoms with E-state index in [1.165, 1.54) is 11.3 Å². The van der Waals surface area contributed by atoms with Gasteiger partial charge in [0.1, 0.15) is 4.88 Å². The summed E-state index contributed by atoms with van der Waals surface area (Å²) < 4.78 is 2.61. The van der Waals surface area contributed by atoms with Gasteiger partial charge in [-0.3, -0.25) is 4.79 Å². The van der Waals surface area contributed by atoms with E-state index in [4.69, 9.17) is 0 Å². The van der Waals surface area contributed by atoms with E-state index in [9.17, 15) is 4.79 Å². The number of thiophene rings is 1. The maximum atomic E-state index is 12.0. The molecule has 2 aromatic rings. The number of halogens is 3. The minimum absolute atomic E-state index is 0.116. The maximum absolute atomic E-state index is 12.0. The van der Waals surface area contributed by atoms with Crippen LogP contribution in [0.4, 0.5) is 5.69 Å². The molecule has 0 bridgehead atoms. The summed E-state index contributed by atoms with van der Waals surface area (Å²) in [7, 11) is 0. The van der Waals surface area contributed by atoms with E-state index in [2.05, 4.69) is 53.1 Å². The van der Waals surface area contributed by atoms with Crippen molar-refractivity contribution < 1.29 is 4.79 Å². The molecule has 0 aliphatic heterocycles. The Hall–Kier alpha value is -0.170. The van der Waals surface area contributed by atoms with Crippen LogP contribution in [0.15, 0.2) is 43.1 Å². The van der Waals surface area contributed by atoms with Crippen molar-refractivity contribution in [2.75, 3.05) is 5.32 Å². The first-order valence-corrected chi connectivity index (χ1v) is 7.83. The number of amides is 1. The summed E-state index contributed by atoms with van der Waals surface area (Å²) in [6.07, 6.45) is 0. The Morgan fingerprint density at radius 3 is 2.47 bits per heavy atom. The average Bonchev–Trinajstić information content (AvgIpc) is 2.68. The molecule has 17 heavy (non-hydrogen) atoms. The van der Waals surface area contributed by atoms with Gasteiger partial charge in [-0.15, -0.1) is 11.3 Å². The van der Waals surface area contributed by atoms with Gasteiger partial charge in [-0.1, -0.05) is 15.9 Å². The normalized spacial score (nSPS) is 10.3. The van der Waals surface area contributed by atoms with E-state index >= 15 is 0 Å². The monoisotopic (exact) mass is 437 g/mol. The number of hydrogen-bond acceptors (Lipinski definition) is 2.